The van der Waals surface area contributed by atoms with Gasteiger partial charge in [0.05, 0.1) is 0 Å². The summed E-state index contributed by atoms with van der Waals surface area (Å²) in [5, 5.41) is 5.38. The fraction of sp³-hybridized carbons (Fsp3) is 0.333. The second kappa shape index (κ2) is 6.20. The van der Waals surface area contributed by atoms with E-state index >= 15 is 0 Å². The quantitative estimate of drug-likeness (QED) is 0.420. The van der Waals surface area contributed by atoms with Gasteiger partial charge in [-0.25, -0.2) is 0 Å². The monoisotopic (exact) mass is 530 g/mol. The molecule has 4 rings (SSSR count). The molecule has 1 unspecified atom stereocenters. The molecule has 0 radical (unpaired) electrons. The third-order valence-corrected chi connectivity index (χ3v) is 9.45. The van der Waals surface area contributed by atoms with Crippen LogP contribution in [0.5, 0.6) is 0 Å². The maximum absolute atomic E-state index is 2.68. The van der Waals surface area contributed by atoms with E-state index in [2.05, 4.69) is 81.6 Å². The van der Waals surface area contributed by atoms with Gasteiger partial charge in [0.2, 0.25) is 0 Å². The molecule has 3 aromatic carbocycles. The second-order valence-corrected chi connectivity index (χ2v) is 11.6. The Balaban J connectivity index is 1.97. The van der Waals surface area contributed by atoms with Crippen LogP contribution in [0, 0.1) is 49.1 Å². The molecule has 1 atom stereocenters. The molecular weight excluding hydrogens is 506 g/mol. The average molecular weight is 530 g/mol. The first-order chi connectivity index (χ1) is 11.5. The van der Waals surface area contributed by atoms with E-state index in [1.54, 1.807) is 0 Å². The fourth-order valence-electron chi connectivity index (χ4n) is 4.28. The van der Waals surface area contributed by atoms with Crippen molar-refractivity contribution in [1.82, 2.24) is 0 Å². The molecule has 0 saturated heterocycles. The number of anilines is 2. The van der Waals surface area contributed by atoms with E-state index in [1.165, 1.54) is 32.9 Å². The Morgan fingerprint density at radius 3 is 1.83 bits per heavy atom. The first-order valence-electron chi connectivity index (χ1n) is 8.95. The van der Waals surface area contributed by atoms with Crippen molar-refractivity contribution in [2.45, 2.75) is 39.9 Å². The van der Waals surface area contributed by atoms with Gasteiger partial charge in [-0.2, -0.15) is 0 Å². The van der Waals surface area contributed by atoms with Crippen molar-refractivity contribution in [3.63, 3.8) is 0 Å². The molecule has 3 heteroatoms. The van der Waals surface area contributed by atoms with Gasteiger partial charge in [-0.15, -0.1) is 0 Å². The molecule has 1 heterocycles. The van der Waals surface area contributed by atoms with Crippen molar-refractivity contribution in [1.29, 1.82) is 0 Å². The van der Waals surface area contributed by atoms with E-state index in [4.69, 9.17) is 0 Å². The molecule has 0 amide bonds. The van der Waals surface area contributed by atoms with Crippen molar-refractivity contribution >= 4 is 32.9 Å². The van der Waals surface area contributed by atoms with Crippen LogP contribution in [0.15, 0.2) is 48.5 Å². The Labute approximate surface area is 174 Å². The summed E-state index contributed by atoms with van der Waals surface area (Å²) in [6, 6.07) is 18.7. The van der Waals surface area contributed by atoms with Crippen LogP contribution in [-0.2, 0) is 0 Å². The van der Waals surface area contributed by atoms with Gasteiger partial charge in [0.15, 0.2) is 0 Å². The zero-order valence-corrected chi connectivity index (χ0v) is 23.5. The predicted octanol–water partition coefficient (Wildman–Crippen LogP) is 5.21. The van der Waals surface area contributed by atoms with E-state index in [1.807, 2.05) is 0 Å². The molecule has 3 aromatic rings. The molecule has 0 bridgehead atoms. The van der Waals surface area contributed by atoms with Gasteiger partial charge in [-0.1, -0.05) is 0 Å². The van der Waals surface area contributed by atoms with Crippen molar-refractivity contribution in [3.05, 3.63) is 48.5 Å². The number of hydrogen-bond acceptors (Lipinski definition) is 2. The van der Waals surface area contributed by atoms with Gasteiger partial charge in [-0.3, -0.25) is 0 Å². The summed E-state index contributed by atoms with van der Waals surface area (Å²) in [5.41, 5.74) is 2.88. The van der Waals surface area contributed by atoms with Crippen LogP contribution in [0.4, 0.5) is 11.4 Å². The van der Waals surface area contributed by atoms with Crippen molar-refractivity contribution < 1.29 is 43.2 Å². The van der Waals surface area contributed by atoms with E-state index < -0.39 is 0 Å². The number of rotatable bonds is 2. The molecule has 24 heavy (non-hydrogen) atoms. The summed E-state index contributed by atoms with van der Waals surface area (Å²) in [6.45, 7) is 9.35. The van der Waals surface area contributed by atoms with Crippen molar-refractivity contribution in [3.8, 4) is 0 Å². The number of fused-ring (bicyclic) bond motifs is 3. The second-order valence-electron chi connectivity index (χ2n) is 7.66. The third-order valence-electron chi connectivity index (χ3n) is 5.29. The van der Waals surface area contributed by atoms with Crippen LogP contribution in [0.1, 0.15) is 27.7 Å². The van der Waals surface area contributed by atoms with Crippen molar-refractivity contribution in [2.24, 2.45) is 5.92 Å². The average Bonchev–Trinajstić information content (AvgIpc) is 2.83. The number of nitrogens with zero attached hydrogens (tertiary/aromatic N) is 2. The Hall–Kier alpha value is -0.752. The third kappa shape index (κ3) is 2.57. The molecule has 120 valence electrons. The van der Waals surface area contributed by atoms with Crippen LogP contribution in [0.3, 0.4) is 0 Å². The summed E-state index contributed by atoms with van der Waals surface area (Å²) in [5.74, 6) is 0.633. The maximum atomic E-state index is 2.68. The Bertz CT molecular complexity index is 916. The SMILES string of the molecule is CC(C)C1[N]([RaH])c2cc3cc4ccccc4cc3cc2N1C(C)C. The fourth-order valence-corrected chi connectivity index (χ4v) is 9.23. The van der Waals surface area contributed by atoms with Crippen LogP contribution in [-0.4, -0.2) is 12.2 Å². The molecule has 1 aliphatic rings. The zero-order valence-electron chi connectivity index (χ0n) is 15.2. The van der Waals surface area contributed by atoms with E-state index in [9.17, 15) is 0 Å². The van der Waals surface area contributed by atoms with Gasteiger partial charge >= 0.3 is 176 Å². The number of benzene rings is 3. The molecular formula is C21H24N2Ra. The minimum atomic E-state index is 0.269. The molecule has 0 aromatic heterocycles. The molecule has 0 saturated carbocycles. The van der Waals surface area contributed by atoms with Crippen LogP contribution >= 0.6 is 0 Å². The van der Waals surface area contributed by atoms with Crippen LogP contribution in [0.25, 0.3) is 21.5 Å². The topological polar surface area (TPSA) is 6.48 Å². The number of hydrogen-bond donors (Lipinski definition) is 0. The summed E-state index contributed by atoms with van der Waals surface area (Å²) in [4.78, 5) is 2.64. The normalized spacial score (nSPS) is 17.5. The Morgan fingerprint density at radius 1 is 0.792 bits per heavy atom. The standard InChI is InChI=1S/C21H23N2.Ra.H/c1-13(2)21-22-19-11-17-9-15-7-5-6-8-16(15)10-18(17)12-20(19)23(21)14(3)4;;/h5-14,21H,1-4H3;;/q-1;+1;. The summed E-state index contributed by atoms with van der Waals surface area (Å²) in [7, 11) is 0. The minimum absolute atomic E-state index is 0.269. The first-order valence-corrected chi connectivity index (χ1v) is 12.6. The van der Waals surface area contributed by atoms with Crippen LogP contribution < -0.4 is 5.33 Å². The van der Waals surface area contributed by atoms with Crippen LogP contribution in [0.2, 0.25) is 0 Å². The summed E-state index contributed by atoms with van der Waals surface area (Å²) < 4.78 is 2.68. The molecule has 0 spiro atoms. The Morgan fingerprint density at radius 2 is 1.33 bits per heavy atom. The van der Waals surface area contributed by atoms with Gasteiger partial charge in [-0.05, 0) is 0 Å². The van der Waals surface area contributed by atoms with Crippen molar-refractivity contribution in [2.75, 3.05) is 5.33 Å². The first kappa shape index (κ1) is 16.7. The summed E-state index contributed by atoms with van der Waals surface area (Å²) >= 11 is 0.269. The zero-order chi connectivity index (χ0) is 17.0. The summed E-state index contributed by atoms with van der Waals surface area (Å²) in [6.07, 6.45) is 0.524. The Kier molecular flexibility index (Phi) is 4.31. The molecule has 1 aliphatic heterocycles. The molecule has 2 nitrogen and oxygen atoms in total. The van der Waals surface area contributed by atoms with Gasteiger partial charge in [0.1, 0.15) is 0 Å². The van der Waals surface area contributed by atoms with Gasteiger partial charge in [0.25, 0.3) is 0 Å². The van der Waals surface area contributed by atoms with E-state index in [0.29, 0.717) is 18.1 Å². The van der Waals surface area contributed by atoms with Gasteiger partial charge in [0, 0.05) is 0 Å². The van der Waals surface area contributed by atoms with Gasteiger partial charge < -0.3 is 0 Å². The van der Waals surface area contributed by atoms with E-state index in [0.717, 1.165) is 0 Å². The molecule has 0 N–H and O–H groups in total. The molecule has 0 aliphatic carbocycles. The molecule has 0 fully saturated rings. The van der Waals surface area contributed by atoms with E-state index in [-0.39, 0.29) is 43.2 Å². The predicted molar refractivity (Wildman–Crippen MR) is 102 cm³/mol.